The molecule has 1 N–H and O–H groups in total. The minimum absolute atomic E-state index is 0.146. The van der Waals surface area contributed by atoms with E-state index in [1.807, 2.05) is 0 Å². The first-order chi connectivity index (χ1) is 14.4. The summed E-state index contributed by atoms with van der Waals surface area (Å²) in [7, 11) is 1.79. The van der Waals surface area contributed by atoms with Gasteiger partial charge < -0.3 is 19.1 Å². The number of rotatable bonds is 6. The first kappa shape index (κ1) is 19.6. The second-order valence-electron chi connectivity index (χ2n) is 6.72. The summed E-state index contributed by atoms with van der Waals surface area (Å²) in [5.74, 6) is -2.13. The highest BCUT2D eigenvalue weighted by atomic mass is 19.1. The molecule has 2 aromatic heterocycles. The van der Waals surface area contributed by atoms with E-state index >= 15 is 0 Å². The van der Waals surface area contributed by atoms with Crippen molar-refractivity contribution in [2.75, 3.05) is 0 Å². The van der Waals surface area contributed by atoms with Crippen LogP contribution in [0.4, 0.5) is 8.78 Å². The monoisotopic (exact) mass is 413 g/mol. The third kappa shape index (κ3) is 4.00. The molecular weight excluding hydrogens is 396 g/mol. The van der Waals surface area contributed by atoms with Gasteiger partial charge in [0.2, 0.25) is 5.95 Å². The third-order valence-electron chi connectivity index (χ3n) is 4.69. The zero-order valence-corrected chi connectivity index (χ0v) is 15.9. The van der Waals surface area contributed by atoms with Crippen LogP contribution in [0.15, 0.2) is 54.3 Å². The van der Waals surface area contributed by atoms with Gasteiger partial charge in [-0.3, -0.25) is 4.79 Å². The summed E-state index contributed by atoms with van der Waals surface area (Å²) in [6, 6.07) is 6.77. The van der Waals surface area contributed by atoms with Gasteiger partial charge >= 0.3 is 5.97 Å². The Morgan fingerprint density at radius 2 is 2.10 bits per heavy atom. The highest BCUT2D eigenvalue weighted by Crippen LogP contribution is 2.27. The number of pyridine rings is 1. The number of hydrogen-bond acceptors (Lipinski definition) is 5. The molecular formula is C21H17F2N3O4. The Kier molecular flexibility index (Phi) is 5.18. The van der Waals surface area contributed by atoms with E-state index in [0.717, 1.165) is 12.1 Å². The SMILES string of the molecule is Cn1c(COC2=CC=CC(C(=O)O)C2)nc2ccc(Oc3nc(F)ccc3F)cc21. The summed E-state index contributed by atoms with van der Waals surface area (Å²) < 4.78 is 39.9. The van der Waals surface area contributed by atoms with Crippen molar-refractivity contribution in [3.05, 3.63) is 71.9 Å². The van der Waals surface area contributed by atoms with Crippen molar-refractivity contribution in [1.82, 2.24) is 14.5 Å². The summed E-state index contributed by atoms with van der Waals surface area (Å²) in [5, 5.41) is 9.13. The van der Waals surface area contributed by atoms with Crippen molar-refractivity contribution in [3.8, 4) is 11.6 Å². The van der Waals surface area contributed by atoms with Crippen molar-refractivity contribution in [2.45, 2.75) is 13.0 Å². The van der Waals surface area contributed by atoms with Crippen LogP contribution in [0.1, 0.15) is 12.2 Å². The maximum Gasteiger partial charge on any atom is 0.310 e. The number of allylic oxidation sites excluding steroid dienone is 3. The number of nitrogens with zero attached hydrogens (tertiary/aromatic N) is 3. The van der Waals surface area contributed by atoms with Crippen LogP contribution in [-0.4, -0.2) is 25.6 Å². The maximum atomic E-state index is 13.8. The lowest BCUT2D eigenvalue weighted by molar-refractivity contribution is -0.140. The second-order valence-corrected chi connectivity index (χ2v) is 6.72. The van der Waals surface area contributed by atoms with Crippen molar-refractivity contribution in [2.24, 2.45) is 13.0 Å². The van der Waals surface area contributed by atoms with E-state index in [0.29, 0.717) is 22.6 Å². The van der Waals surface area contributed by atoms with E-state index in [9.17, 15) is 13.6 Å². The number of carboxylic acids is 1. The predicted molar refractivity (Wildman–Crippen MR) is 103 cm³/mol. The van der Waals surface area contributed by atoms with E-state index in [2.05, 4.69) is 9.97 Å². The summed E-state index contributed by atoms with van der Waals surface area (Å²) in [5.41, 5.74) is 1.36. The van der Waals surface area contributed by atoms with Crippen LogP contribution in [-0.2, 0) is 23.2 Å². The largest absolute Gasteiger partial charge is 0.490 e. The molecule has 0 aliphatic heterocycles. The van der Waals surface area contributed by atoms with Crippen molar-refractivity contribution >= 4 is 17.0 Å². The molecule has 0 spiro atoms. The molecule has 7 nitrogen and oxygen atoms in total. The minimum Gasteiger partial charge on any atom is -0.490 e. The van der Waals surface area contributed by atoms with Gasteiger partial charge in [0.1, 0.15) is 18.2 Å². The Morgan fingerprint density at radius 1 is 1.27 bits per heavy atom. The van der Waals surface area contributed by atoms with Gasteiger partial charge in [-0.05, 0) is 30.3 Å². The molecule has 1 aliphatic rings. The highest BCUT2D eigenvalue weighted by Gasteiger charge is 2.20. The van der Waals surface area contributed by atoms with Gasteiger partial charge in [0.05, 0.1) is 22.7 Å². The molecule has 1 unspecified atom stereocenters. The average Bonchev–Trinajstić information content (AvgIpc) is 3.05. The van der Waals surface area contributed by atoms with Gasteiger partial charge in [-0.25, -0.2) is 9.37 Å². The number of imidazole rings is 1. The fourth-order valence-electron chi connectivity index (χ4n) is 3.08. The predicted octanol–water partition coefficient (Wildman–Crippen LogP) is 4.10. The number of ether oxygens (including phenoxy) is 2. The molecule has 0 saturated carbocycles. The van der Waals surface area contributed by atoms with E-state index < -0.39 is 29.5 Å². The second kappa shape index (κ2) is 7.94. The normalized spacial score (nSPS) is 15.8. The van der Waals surface area contributed by atoms with Crippen LogP contribution < -0.4 is 4.74 Å². The molecule has 30 heavy (non-hydrogen) atoms. The number of hydrogen-bond donors (Lipinski definition) is 1. The molecule has 1 aromatic carbocycles. The molecule has 9 heteroatoms. The number of halogens is 2. The Morgan fingerprint density at radius 3 is 2.90 bits per heavy atom. The Hall–Kier alpha value is -3.75. The molecule has 0 fully saturated rings. The summed E-state index contributed by atoms with van der Waals surface area (Å²) in [4.78, 5) is 19.1. The Balaban J connectivity index is 1.51. The summed E-state index contributed by atoms with van der Waals surface area (Å²) in [6.07, 6.45) is 5.28. The zero-order chi connectivity index (χ0) is 21.3. The average molecular weight is 413 g/mol. The van der Waals surface area contributed by atoms with Crippen LogP contribution in [0.5, 0.6) is 11.6 Å². The Labute approximate surface area is 169 Å². The first-order valence-corrected chi connectivity index (χ1v) is 9.09. The number of aliphatic carboxylic acids is 1. The fourth-order valence-corrected chi connectivity index (χ4v) is 3.08. The highest BCUT2D eigenvalue weighted by molar-refractivity contribution is 5.78. The number of carboxylic acid groups (broad SMARTS) is 1. The third-order valence-corrected chi connectivity index (χ3v) is 4.69. The van der Waals surface area contributed by atoms with E-state index in [1.54, 1.807) is 48.0 Å². The smallest absolute Gasteiger partial charge is 0.310 e. The molecule has 1 atom stereocenters. The van der Waals surface area contributed by atoms with Crippen molar-refractivity contribution in [1.29, 1.82) is 0 Å². The van der Waals surface area contributed by atoms with Crippen LogP contribution in [0, 0.1) is 17.7 Å². The van der Waals surface area contributed by atoms with E-state index in [4.69, 9.17) is 14.6 Å². The maximum absolute atomic E-state index is 13.8. The summed E-state index contributed by atoms with van der Waals surface area (Å²) >= 11 is 0. The molecule has 4 rings (SSSR count). The lowest BCUT2D eigenvalue weighted by Crippen LogP contribution is -2.15. The number of fused-ring (bicyclic) bond motifs is 1. The van der Waals surface area contributed by atoms with E-state index in [1.165, 1.54) is 0 Å². The molecule has 2 heterocycles. The fraction of sp³-hybridized carbons (Fsp3) is 0.190. The Bertz CT molecular complexity index is 1190. The summed E-state index contributed by atoms with van der Waals surface area (Å²) in [6.45, 7) is 0.146. The standard InChI is InChI=1S/C21H17F2N3O4/c1-26-17-10-14(30-20-15(22)6-8-18(23)25-20)5-7-16(17)24-19(26)11-29-13-4-2-3-12(9-13)21(27)28/h2-8,10,12H,9,11H2,1H3,(H,27,28). The van der Waals surface area contributed by atoms with Gasteiger partial charge in [-0.15, -0.1) is 0 Å². The van der Waals surface area contributed by atoms with Crippen LogP contribution in [0.25, 0.3) is 11.0 Å². The van der Waals surface area contributed by atoms with Gasteiger partial charge in [0.25, 0.3) is 5.88 Å². The van der Waals surface area contributed by atoms with Gasteiger partial charge in [-0.1, -0.05) is 12.2 Å². The topological polar surface area (TPSA) is 86.5 Å². The van der Waals surface area contributed by atoms with Gasteiger partial charge in [-0.2, -0.15) is 9.37 Å². The molecule has 0 saturated heterocycles. The van der Waals surface area contributed by atoms with Crippen LogP contribution in [0.3, 0.4) is 0 Å². The van der Waals surface area contributed by atoms with Crippen molar-refractivity contribution < 1.29 is 28.2 Å². The minimum atomic E-state index is -0.903. The quantitative estimate of drug-likeness (QED) is 0.613. The number of aryl methyl sites for hydroxylation is 1. The zero-order valence-electron chi connectivity index (χ0n) is 15.9. The van der Waals surface area contributed by atoms with Gasteiger partial charge in [0.15, 0.2) is 5.82 Å². The number of benzene rings is 1. The van der Waals surface area contributed by atoms with Gasteiger partial charge in [0, 0.05) is 19.5 Å². The lowest BCUT2D eigenvalue weighted by atomic mass is 10.00. The molecule has 0 radical (unpaired) electrons. The number of aromatic nitrogens is 3. The molecule has 1 aliphatic carbocycles. The van der Waals surface area contributed by atoms with Crippen LogP contribution in [0.2, 0.25) is 0 Å². The van der Waals surface area contributed by atoms with Crippen LogP contribution >= 0.6 is 0 Å². The molecule has 0 bridgehead atoms. The van der Waals surface area contributed by atoms with E-state index in [-0.39, 0.29) is 18.8 Å². The molecule has 154 valence electrons. The molecule has 0 amide bonds. The number of carbonyl (C=O) groups is 1. The first-order valence-electron chi connectivity index (χ1n) is 9.09. The molecule has 3 aromatic rings. The van der Waals surface area contributed by atoms with Crippen molar-refractivity contribution in [3.63, 3.8) is 0 Å². The lowest BCUT2D eigenvalue weighted by Gasteiger charge is -2.16.